The molecule has 3 N–H and O–H groups in total. The van der Waals surface area contributed by atoms with Crippen molar-refractivity contribution < 1.29 is 14.3 Å². The molecule has 0 radical (unpaired) electrons. The molecule has 4 atom stereocenters. The first-order valence-electron chi connectivity index (χ1n) is 7.24. The van der Waals surface area contributed by atoms with Gasteiger partial charge in [0, 0.05) is 19.1 Å². The van der Waals surface area contributed by atoms with Gasteiger partial charge in [-0.25, -0.2) is 4.79 Å². The topological polar surface area (TPSA) is 84.7 Å². The smallest absolute Gasteiger partial charge is 0.328 e. The van der Waals surface area contributed by atoms with Crippen LogP contribution in [-0.4, -0.2) is 55.6 Å². The van der Waals surface area contributed by atoms with E-state index in [1.165, 1.54) is 7.11 Å². The maximum atomic E-state index is 12.1. The number of nitrogens with two attached hydrogens (primary N) is 1. The van der Waals surface area contributed by atoms with Gasteiger partial charge in [0.1, 0.15) is 6.04 Å². The summed E-state index contributed by atoms with van der Waals surface area (Å²) in [6.45, 7) is 7.81. The molecule has 116 valence electrons. The van der Waals surface area contributed by atoms with E-state index in [1.54, 1.807) is 0 Å². The quantitative estimate of drug-likeness (QED) is 0.669. The highest BCUT2D eigenvalue weighted by atomic mass is 16.5. The first kappa shape index (κ1) is 16.9. The fourth-order valence-electron chi connectivity index (χ4n) is 2.44. The third kappa shape index (κ3) is 4.45. The molecule has 1 fully saturated rings. The van der Waals surface area contributed by atoms with Crippen LogP contribution in [0.25, 0.3) is 0 Å². The first-order valence-corrected chi connectivity index (χ1v) is 7.24. The van der Waals surface area contributed by atoms with Crippen LogP contribution in [0.1, 0.15) is 27.2 Å². The average Bonchev–Trinajstić information content (AvgIpc) is 2.72. The summed E-state index contributed by atoms with van der Waals surface area (Å²) in [5, 5.41) is 2.78. The van der Waals surface area contributed by atoms with Crippen molar-refractivity contribution in [2.24, 2.45) is 17.6 Å². The van der Waals surface area contributed by atoms with Crippen LogP contribution in [0.3, 0.4) is 0 Å². The zero-order chi connectivity index (χ0) is 15.3. The number of ether oxygens (including phenoxy) is 1. The number of amides is 1. The number of carbonyl (C=O) groups excluding carboxylic acids is 2. The van der Waals surface area contributed by atoms with Gasteiger partial charge in [-0.2, -0.15) is 0 Å². The summed E-state index contributed by atoms with van der Waals surface area (Å²) >= 11 is 0. The van der Waals surface area contributed by atoms with E-state index in [1.807, 2.05) is 18.7 Å². The second-order valence-corrected chi connectivity index (χ2v) is 5.79. The van der Waals surface area contributed by atoms with Crippen LogP contribution in [0.2, 0.25) is 0 Å². The molecule has 1 heterocycles. The van der Waals surface area contributed by atoms with Crippen molar-refractivity contribution in [3.8, 4) is 0 Å². The third-order valence-corrected chi connectivity index (χ3v) is 4.10. The van der Waals surface area contributed by atoms with Gasteiger partial charge < -0.3 is 15.8 Å². The molecule has 6 heteroatoms. The Bertz CT molecular complexity index is 339. The van der Waals surface area contributed by atoms with Gasteiger partial charge >= 0.3 is 5.97 Å². The largest absolute Gasteiger partial charge is 0.467 e. The zero-order valence-electron chi connectivity index (χ0n) is 12.9. The Morgan fingerprint density at radius 1 is 1.45 bits per heavy atom. The molecule has 1 aliphatic rings. The summed E-state index contributed by atoms with van der Waals surface area (Å²) in [5.41, 5.74) is 5.94. The van der Waals surface area contributed by atoms with E-state index in [0.717, 1.165) is 19.5 Å². The molecule has 20 heavy (non-hydrogen) atoms. The van der Waals surface area contributed by atoms with Crippen molar-refractivity contribution in [2.75, 3.05) is 26.7 Å². The van der Waals surface area contributed by atoms with E-state index in [2.05, 4.69) is 12.2 Å². The van der Waals surface area contributed by atoms with Crippen LogP contribution < -0.4 is 11.1 Å². The zero-order valence-corrected chi connectivity index (χ0v) is 12.9. The molecular formula is C14H27N3O3. The van der Waals surface area contributed by atoms with E-state index in [9.17, 15) is 9.59 Å². The first-order chi connectivity index (χ1) is 9.38. The van der Waals surface area contributed by atoms with Crippen molar-refractivity contribution in [1.29, 1.82) is 0 Å². The predicted octanol–water partition coefficient (Wildman–Crippen LogP) is -0.0307. The lowest BCUT2D eigenvalue weighted by molar-refractivity contribution is -0.146. The lowest BCUT2D eigenvalue weighted by atomic mass is 9.99. The van der Waals surface area contributed by atoms with E-state index in [0.29, 0.717) is 5.92 Å². The number of esters is 1. The molecule has 1 saturated heterocycles. The number of likely N-dealkylation sites (tertiary alicyclic amines) is 1. The third-order valence-electron chi connectivity index (χ3n) is 4.10. The predicted molar refractivity (Wildman–Crippen MR) is 77.0 cm³/mol. The summed E-state index contributed by atoms with van der Waals surface area (Å²) in [7, 11) is 1.34. The van der Waals surface area contributed by atoms with Crippen LogP contribution >= 0.6 is 0 Å². The SMILES string of the molecule is CCC(C)C(NC(=O)CN1CC(C)C(N)C1)C(=O)OC. The molecule has 1 aliphatic heterocycles. The molecule has 0 aliphatic carbocycles. The maximum Gasteiger partial charge on any atom is 0.328 e. The van der Waals surface area contributed by atoms with E-state index < -0.39 is 6.04 Å². The lowest BCUT2D eigenvalue weighted by Crippen LogP contribution is -2.49. The normalized spacial score (nSPS) is 26.1. The number of methoxy groups -OCH3 is 1. The number of hydrogen-bond donors (Lipinski definition) is 2. The highest BCUT2D eigenvalue weighted by Gasteiger charge is 2.30. The number of nitrogens with zero attached hydrogens (tertiary/aromatic N) is 1. The van der Waals surface area contributed by atoms with Gasteiger partial charge in [0.15, 0.2) is 0 Å². The molecule has 0 aromatic heterocycles. The maximum absolute atomic E-state index is 12.1. The number of hydrogen-bond acceptors (Lipinski definition) is 5. The number of carbonyl (C=O) groups is 2. The van der Waals surface area contributed by atoms with Crippen molar-refractivity contribution in [2.45, 2.75) is 39.3 Å². The van der Waals surface area contributed by atoms with Crippen molar-refractivity contribution >= 4 is 11.9 Å². The molecule has 0 saturated carbocycles. The minimum absolute atomic E-state index is 0.0474. The van der Waals surface area contributed by atoms with Gasteiger partial charge in [0.2, 0.25) is 5.91 Å². The van der Waals surface area contributed by atoms with Crippen LogP contribution in [0.15, 0.2) is 0 Å². The van der Waals surface area contributed by atoms with E-state index in [-0.39, 0.29) is 30.4 Å². The van der Waals surface area contributed by atoms with E-state index >= 15 is 0 Å². The highest BCUT2D eigenvalue weighted by molar-refractivity contribution is 5.85. The Morgan fingerprint density at radius 3 is 2.55 bits per heavy atom. The van der Waals surface area contributed by atoms with Crippen LogP contribution in [0, 0.1) is 11.8 Å². The fraction of sp³-hybridized carbons (Fsp3) is 0.857. The Hall–Kier alpha value is -1.14. The summed E-state index contributed by atoms with van der Waals surface area (Å²) in [5.74, 6) is -0.0962. The molecule has 0 spiro atoms. The van der Waals surface area contributed by atoms with Crippen molar-refractivity contribution in [3.63, 3.8) is 0 Å². The molecule has 1 rings (SSSR count). The molecule has 4 unspecified atom stereocenters. The van der Waals surface area contributed by atoms with Gasteiger partial charge in [-0.15, -0.1) is 0 Å². The standard InChI is InChI=1S/C14H27N3O3/c1-5-9(2)13(14(19)20-4)16-12(18)8-17-6-10(3)11(15)7-17/h9-11,13H,5-8,15H2,1-4H3,(H,16,18). The minimum atomic E-state index is -0.578. The minimum Gasteiger partial charge on any atom is -0.467 e. The summed E-state index contributed by atoms with van der Waals surface area (Å²) in [4.78, 5) is 25.8. The summed E-state index contributed by atoms with van der Waals surface area (Å²) in [6.07, 6.45) is 0.797. The van der Waals surface area contributed by atoms with Crippen LogP contribution in [0.4, 0.5) is 0 Å². The molecule has 0 bridgehead atoms. The summed E-state index contributed by atoms with van der Waals surface area (Å²) < 4.78 is 4.75. The fourth-order valence-corrected chi connectivity index (χ4v) is 2.44. The second kappa shape index (κ2) is 7.59. The Balaban J connectivity index is 2.52. The van der Waals surface area contributed by atoms with Crippen LogP contribution in [-0.2, 0) is 14.3 Å². The monoisotopic (exact) mass is 285 g/mol. The molecule has 0 aromatic rings. The average molecular weight is 285 g/mol. The van der Waals surface area contributed by atoms with Crippen molar-refractivity contribution in [1.82, 2.24) is 10.2 Å². The molecule has 0 aromatic carbocycles. The highest BCUT2D eigenvalue weighted by Crippen LogP contribution is 2.14. The van der Waals surface area contributed by atoms with Gasteiger partial charge in [0.25, 0.3) is 0 Å². The molecule has 1 amide bonds. The van der Waals surface area contributed by atoms with Crippen molar-refractivity contribution in [3.05, 3.63) is 0 Å². The Labute approximate surface area is 121 Å². The van der Waals surface area contributed by atoms with Gasteiger partial charge in [-0.1, -0.05) is 27.2 Å². The summed E-state index contributed by atoms with van der Waals surface area (Å²) in [6, 6.07) is -0.458. The Morgan fingerprint density at radius 2 is 2.10 bits per heavy atom. The van der Waals surface area contributed by atoms with Gasteiger partial charge in [0.05, 0.1) is 13.7 Å². The molecule has 6 nitrogen and oxygen atoms in total. The molecular weight excluding hydrogens is 258 g/mol. The number of nitrogens with one attached hydrogen (secondary N) is 1. The van der Waals surface area contributed by atoms with E-state index in [4.69, 9.17) is 10.5 Å². The van der Waals surface area contributed by atoms with Crippen LogP contribution in [0.5, 0.6) is 0 Å². The number of rotatable bonds is 6. The second-order valence-electron chi connectivity index (χ2n) is 5.79. The lowest BCUT2D eigenvalue weighted by Gasteiger charge is -2.23. The van der Waals surface area contributed by atoms with Gasteiger partial charge in [-0.05, 0) is 11.8 Å². The Kier molecular flexibility index (Phi) is 6.42. The van der Waals surface area contributed by atoms with Gasteiger partial charge in [-0.3, -0.25) is 9.69 Å².